The molecule has 0 fully saturated rings. The first kappa shape index (κ1) is 17.1. The zero-order valence-electron chi connectivity index (χ0n) is 12.2. The van der Waals surface area contributed by atoms with E-state index in [4.69, 9.17) is 16.3 Å². The van der Waals surface area contributed by atoms with Crippen LogP contribution in [0.2, 0.25) is 5.02 Å². The molecule has 2 rings (SSSR count). The van der Waals surface area contributed by atoms with Gasteiger partial charge in [-0.1, -0.05) is 23.7 Å². The number of benzene rings is 2. The number of amides is 1. The number of carbonyl (C=O) groups is 1. The van der Waals surface area contributed by atoms with Gasteiger partial charge in [-0.3, -0.25) is 4.79 Å². The van der Waals surface area contributed by atoms with E-state index in [1.54, 1.807) is 0 Å². The van der Waals surface area contributed by atoms with Gasteiger partial charge in [0.1, 0.15) is 5.75 Å². The lowest BCUT2D eigenvalue weighted by molar-refractivity contribution is -0.116. The smallest absolute Gasteiger partial charge is 0.224 e. The van der Waals surface area contributed by atoms with Crippen molar-refractivity contribution in [2.45, 2.75) is 19.8 Å². The van der Waals surface area contributed by atoms with Gasteiger partial charge in [-0.05, 0) is 71.8 Å². The molecule has 0 atom stereocenters. The Balaban J connectivity index is 1.73. The van der Waals surface area contributed by atoms with Crippen molar-refractivity contribution in [3.05, 3.63) is 56.6 Å². The third kappa shape index (κ3) is 5.18. The number of hydrogen-bond acceptors (Lipinski definition) is 2. The highest BCUT2D eigenvalue weighted by molar-refractivity contribution is 14.1. The molecule has 0 aromatic heterocycles. The summed E-state index contributed by atoms with van der Waals surface area (Å²) in [7, 11) is 0. The van der Waals surface area contributed by atoms with E-state index in [9.17, 15) is 4.79 Å². The van der Waals surface area contributed by atoms with Gasteiger partial charge in [-0.25, -0.2) is 0 Å². The third-order valence-electron chi connectivity index (χ3n) is 3.09. The van der Waals surface area contributed by atoms with Gasteiger partial charge in [0.25, 0.3) is 0 Å². The molecule has 116 valence electrons. The monoisotopic (exact) mass is 429 g/mol. The van der Waals surface area contributed by atoms with Gasteiger partial charge in [-0.15, -0.1) is 0 Å². The Kier molecular flexibility index (Phi) is 6.51. The lowest BCUT2D eigenvalue weighted by Crippen LogP contribution is -2.13. The molecular formula is C17H17ClINO2. The molecule has 0 unspecified atom stereocenters. The predicted molar refractivity (Wildman–Crippen MR) is 98.7 cm³/mol. The molecule has 0 aliphatic heterocycles. The van der Waals surface area contributed by atoms with Crippen LogP contribution in [0.15, 0.2) is 42.5 Å². The number of rotatable bonds is 6. The molecule has 22 heavy (non-hydrogen) atoms. The topological polar surface area (TPSA) is 38.3 Å². The van der Waals surface area contributed by atoms with Gasteiger partial charge in [0.2, 0.25) is 5.91 Å². The SMILES string of the molecule is Cc1cc(OCCCC(=O)Nc2ccccc2I)ccc1Cl. The van der Waals surface area contributed by atoms with Crippen LogP contribution in [0.25, 0.3) is 0 Å². The fourth-order valence-corrected chi connectivity index (χ4v) is 2.54. The largest absolute Gasteiger partial charge is 0.494 e. The molecule has 0 radical (unpaired) electrons. The lowest BCUT2D eigenvalue weighted by atomic mass is 10.2. The van der Waals surface area contributed by atoms with E-state index in [1.807, 2.05) is 49.4 Å². The average molecular weight is 430 g/mol. The number of anilines is 1. The molecule has 2 aromatic rings. The normalized spacial score (nSPS) is 10.3. The lowest BCUT2D eigenvalue weighted by Gasteiger charge is -2.09. The van der Waals surface area contributed by atoms with Crippen LogP contribution in [0.3, 0.4) is 0 Å². The first-order valence-electron chi connectivity index (χ1n) is 6.99. The number of ether oxygens (including phenoxy) is 1. The molecule has 0 aliphatic rings. The molecule has 0 spiro atoms. The Morgan fingerprint density at radius 3 is 2.77 bits per heavy atom. The molecule has 1 amide bonds. The second kappa shape index (κ2) is 8.39. The van der Waals surface area contributed by atoms with Crippen LogP contribution >= 0.6 is 34.2 Å². The second-order valence-corrected chi connectivity index (χ2v) is 6.46. The van der Waals surface area contributed by atoms with Gasteiger partial charge < -0.3 is 10.1 Å². The maximum Gasteiger partial charge on any atom is 0.224 e. The minimum atomic E-state index is 0.00000248. The fraction of sp³-hybridized carbons (Fsp3) is 0.235. The van der Waals surface area contributed by atoms with Crippen LogP contribution in [-0.4, -0.2) is 12.5 Å². The number of carbonyl (C=O) groups excluding carboxylic acids is 1. The molecule has 0 bridgehead atoms. The summed E-state index contributed by atoms with van der Waals surface area (Å²) < 4.78 is 6.66. The van der Waals surface area contributed by atoms with Crippen LogP contribution < -0.4 is 10.1 Å². The molecule has 0 saturated heterocycles. The van der Waals surface area contributed by atoms with Crippen molar-refractivity contribution in [3.8, 4) is 5.75 Å². The van der Waals surface area contributed by atoms with Gasteiger partial charge in [0.05, 0.1) is 12.3 Å². The molecule has 0 saturated carbocycles. The van der Waals surface area contributed by atoms with Crippen molar-refractivity contribution in [2.24, 2.45) is 0 Å². The number of halogens is 2. The molecule has 3 nitrogen and oxygen atoms in total. The molecule has 5 heteroatoms. The van der Waals surface area contributed by atoms with Gasteiger partial charge in [0, 0.05) is 15.0 Å². The second-order valence-electron chi connectivity index (χ2n) is 4.89. The maximum absolute atomic E-state index is 11.9. The van der Waals surface area contributed by atoms with Crippen LogP contribution in [-0.2, 0) is 4.79 Å². The number of para-hydroxylation sites is 1. The summed E-state index contributed by atoms with van der Waals surface area (Å²) in [4.78, 5) is 11.9. The minimum Gasteiger partial charge on any atom is -0.494 e. The van der Waals surface area contributed by atoms with E-state index in [0.29, 0.717) is 19.4 Å². The van der Waals surface area contributed by atoms with Crippen molar-refractivity contribution in [1.29, 1.82) is 0 Å². The maximum atomic E-state index is 11.9. The van der Waals surface area contributed by atoms with E-state index < -0.39 is 0 Å². The van der Waals surface area contributed by atoms with Crippen molar-refractivity contribution >= 4 is 45.8 Å². The van der Waals surface area contributed by atoms with Crippen LogP contribution in [0.4, 0.5) is 5.69 Å². The Morgan fingerprint density at radius 2 is 2.05 bits per heavy atom. The van der Waals surface area contributed by atoms with Crippen LogP contribution in [0.1, 0.15) is 18.4 Å². The first-order valence-corrected chi connectivity index (χ1v) is 8.45. The highest BCUT2D eigenvalue weighted by Crippen LogP contribution is 2.21. The number of hydrogen-bond donors (Lipinski definition) is 1. The van der Waals surface area contributed by atoms with Crippen molar-refractivity contribution in [2.75, 3.05) is 11.9 Å². The van der Waals surface area contributed by atoms with Crippen molar-refractivity contribution in [1.82, 2.24) is 0 Å². The van der Waals surface area contributed by atoms with Gasteiger partial charge in [-0.2, -0.15) is 0 Å². The van der Waals surface area contributed by atoms with Crippen molar-refractivity contribution < 1.29 is 9.53 Å². The van der Waals surface area contributed by atoms with Crippen molar-refractivity contribution in [3.63, 3.8) is 0 Å². The summed E-state index contributed by atoms with van der Waals surface area (Å²) >= 11 is 8.17. The zero-order chi connectivity index (χ0) is 15.9. The summed E-state index contributed by atoms with van der Waals surface area (Å²) in [6, 6.07) is 13.3. The van der Waals surface area contributed by atoms with E-state index in [-0.39, 0.29) is 5.91 Å². The summed E-state index contributed by atoms with van der Waals surface area (Å²) in [6.07, 6.45) is 1.09. The molecule has 0 aliphatic carbocycles. The first-order chi connectivity index (χ1) is 10.6. The van der Waals surface area contributed by atoms with E-state index in [0.717, 1.165) is 25.6 Å². The van der Waals surface area contributed by atoms with E-state index in [1.165, 1.54) is 0 Å². The molecular weight excluding hydrogens is 413 g/mol. The summed E-state index contributed by atoms with van der Waals surface area (Å²) in [5, 5.41) is 3.63. The standard InChI is InChI=1S/C17H17ClINO2/c1-12-11-13(8-9-14(12)18)22-10-4-7-17(21)20-16-6-3-2-5-15(16)19/h2-3,5-6,8-9,11H,4,7,10H2,1H3,(H,20,21). The Bertz CT molecular complexity index is 661. The molecule has 0 heterocycles. The summed E-state index contributed by atoms with van der Waals surface area (Å²) in [6.45, 7) is 2.44. The van der Waals surface area contributed by atoms with Crippen LogP contribution in [0, 0.1) is 10.5 Å². The average Bonchev–Trinajstić information content (AvgIpc) is 2.49. The third-order valence-corrected chi connectivity index (χ3v) is 4.46. The van der Waals surface area contributed by atoms with E-state index in [2.05, 4.69) is 27.9 Å². The summed E-state index contributed by atoms with van der Waals surface area (Å²) in [5.74, 6) is 0.778. The fourth-order valence-electron chi connectivity index (χ4n) is 1.90. The quantitative estimate of drug-likeness (QED) is 0.515. The van der Waals surface area contributed by atoms with Gasteiger partial charge >= 0.3 is 0 Å². The Hall–Kier alpha value is -1.27. The number of aryl methyl sites for hydroxylation is 1. The Morgan fingerprint density at radius 1 is 1.27 bits per heavy atom. The molecule has 1 N–H and O–H groups in total. The summed E-state index contributed by atoms with van der Waals surface area (Å²) in [5.41, 5.74) is 1.83. The minimum absolute atomic E-state index is 0.00000248. The van der Waals surface area contributed by atoms with E-state index >= 15 is 0 Å². The zero-order valence-corrected chi connectivity index (χ0v) is 15.1. The highest BCUT2D eigenvalue weighted by Gasteiger charge is 2.05. The van der Waals surface area contributed by atoms with Gasteiger partial charge in [0.15, 0.2) is 0 Å². The molecule has 2 aromatic carbocycles. The highest BCUT2D eigenvalue weighted by atomic mass is 127. The predicted octanol–water partition coefficient (Wildman–Crippen LogP) is 5.05. The van der Waals surface area contributed by atoms with Crippen LogP contribution in [0.5, 0.6) is 5.75 Å². The Labute approximate surface area is 149 Å². The number of nitrogens with one attached hydrogen (secondary N) is 1.